The number of thiazole rings is 1. The van der Waals surface area contributed by atoms with Gasteiger partial charge in [0.25, 0.3) is 5.56 Å². The van der Waals surface area contributed by atoms with Gasteiger partial charge in [-0.25, -0.2) is 0 Å². The molecule has 0 radical (unpaired) electrons. The van der Waals surface area contributed by atoms with Crippen LogP contribution in [-0.4, -0.2) is 4.57 Å². The maximum absolute atomic E-state index is 12.8. The molecule has 7 nitrogen and oxygen atoms in total. The van der Waals surface area contributed by atoms with Crippen molar-refractivity contribution in [2.45, 2.75) is 5.92 Å². The van der Waals surface area contributed by atoms with E-state index < -0.39 is 11.5 Å². The Morgan fingerprint density at radius 1 is 1.15 bits per heavy atom. The minimum absolute atomic E-state index is 0.00300. The lowest BCUT2D eigenvalue weighted by molar-refractivity contribution is 0.508. The van der Waals surface area contributed by atoms with Gasteiger partial charge in [0.15, 0.2) is 0 Å². The molecule has 0 bridgehead atoms. The Labute approximate surface area is 150 Å². The van der Waals surface area contributed by atoms with E-state index in [0.717, 1.165) is 11.3 Å². The van der Waals surface area contributed by atoms with Crippen LogP contribution in [-0.2, 0) is 0 Å². The third-order valence-electron chi connectivity index (χ3n) is 4.03. The van der Waals surface area contributed by atoms with Crippen LogP contribution in [0.4, 0.5) is 0 Å². The summed E-state index contributed by atoms with van der Waals surface area (Å²) in [5, 5.41) is 19.3. The van der Waals surface area contributed by atoms with Crippen molar-refractivity contribution in [2.75, 3.05) is 0 Å². The first-order valence-corrected chi connectivity index (χ1v) is 8.32. The van der Waals surface area contributed by atoms with Crippen LogP contribution in [0.1, 0.15) is 17.4 Å². The first-order chi connectivity index (χ1) is 12.7. The second-order valence-corrected chi connectivity index (χ2v) is 6.49. The summed E-state index contributed by atoms with van der Waals surface area (Å²) in [6, 6.07) is 10.9. The van der Waals surface area contributed by atoms with E-state index in [1.807, 2.05) is 6.07 Å². The van der Waals surface area contributed by atoms with Gasteiger partial charge in [0.1, 0.15) is 22.0 Å². The van der Waals surface area contributed by atoms with Gasteiger partial charge in [-0.1, -0.05) is 0 Å². The summed E-state index contributed by atoms with van der Waals surface area (Å²) in [5.74, 6) is 0.188. The molecule has 4 rings (SSSR count). The second-order valence-electron chi connectivity index (χ2n) is 5.46. The molecule has 0 fully saturated rings. The number of nitrogens with zero attached hydrogens (tertiary/aromatic N) is 3. The van der Waals surface area contributed by atoms with E-state index in [4.69, 9.17) is 14.6 Å². The maximum atomic E-state index is 12.8. The normalized spacial score (nSPS) is 17.1. The van der Waals surface area contributed by atoms with Gasteiger partial charge in [0, 0.05) is 6.08 Å². The van der Waals surface area contributed by atoms with Crippen LogP contribution in [0.15, 0.2) is 56.0 Å². The molecule has 1 aliphatic rings. The number of rotatable bonds is 2. The van der Waals surface area contributed by atoms with Crippen molar-refractivity contribution in [1.29, 1.82) is 10.5 Å². The van der Waals surface area contributed by atoms with Gasteiger partial charge < -0.3 is 14.6 Å². The van der Waals surface area contributed by atoms with Gasteiger partial charge >= 0.3 is 0 Å². The molecule has 3 aromatic heterocycles. The first kappa shape index (κ1) is 15.8. The minimum atomic E-state index is -0.741. The number of fused-ring (bicyclic) bond motifs is 1. The lowest BCUT2D eigenvalue weighted by Crippen LogP contribution is -2.38. The number of aromatic nitrogens is 1. The maximum Gasteiger partial charge on any atom is 0.274 e. The molecule has 1 aliphatic heterocycles. The van der Waals surface area contributed by atoms with Gasteiger partial charge in [-0.05, 0) is 24.3 Å². The van der Waals surface area contributed by atoms with Crippen molar-refractivity contribution in [2.24, 2.45) is 5.73 Å². The van der Waals surface area contributed by atoms with Crippen molar-refractivity contribution in [3.8, 4) is 12.1 Å². The van der Waals surface area contributed by atoms with E-state index in [-0.39, 0.29) is 17.0 Å². The fourth-order valence-electron chi connectivity index (χ4n) is 2.89. The summed E-state index contributed by atoms with van der Waals surface area (Å²) in [5.41, 5.74) is 6.07. The van der Waals surface area contributed by atoms with Crippen LogP contribution in [0.25, 0.3) is 17.5 Å². The zero-order chi connectivity index (χ0) is 18.3. The van der Waals surface area contributed by atoms with E-state index in [1.54, 1.807) is 30.3 Å². The van der Waals surface area contributed by atoms with E-state index in [9.17, 15) is 15.3 Å². The average Bonchev–Trinajstić information content (AvgIpc) is 3.38. The van der Waals surface area contributed by atoms with Gasteiger partial charge in [-0.15, -0.1) is 11.3 Å². The van der Waals surface area contributed by atoms with Crippen molar-refractivity contribution in [1.82, 2.24) is 4.57 Å². The highest BCUT2D eigenvalue weighted by Crippen LogP contribution is 2.35. The molecule has 8 heteroatoms. The molecule has 0 aromatic carbocycles. The Hall–Kier alpha value is -3.75. The van der Waals surface area contributed by atoms with Crippen LogP contribution >= 0.6 is 11.3 Å². The Balaban J connectivity index is 2.11. The molecule has 0 spiro atoms. The molecule has 0 aliphatic carbocycles. The standard InChI is InChI=1S/C18H10N4O3S/c19-8-11-15(13-4-2-6-25-13)12(9-20)18-22(16(11)21)17(23)14(26-18)7-10-3-1-5-24-10/h1-7,15H,21H2/b14-7-/t15-/m0/s1. The second kappa shape index (κ2) is 5.96. The topological polar surface area (TPSA) is 122 Å². The minimum Gasteiger partial charge on any atom is -0.468 e. The Morgan fingerprint density at radius 2 is 1.88 bits per heavy atom. The van der Waals surface area contributed by atoms with E-state index in [1.165, 1.54) is 17.1 Å². The van der Waals surface area contributed by atoms with Crippen LogP contribution in [0, 0.1) is 22.7 Å². The predicted octanol–water partition coefficient (Wildman–Crippen LogP) is 1.05. The first-order valence-electron chi connectivity index (χ1n) is 7.50. The number of furan rings is 2. The fraction of sp³-hybridized carbons (Fsp3) is 0.0556. The van der Waals surface area contributed by atoms with E-state index in [0.29, 0.717) is 20.7 Å². The lowest BCUT2D eigenvalue weighted by atomic mass is 9.88. The van der Waals surface area contributed by atoms with E-state index in [2.05, 4.69) is 6.07 Å². The predicted molar refractivity (Wildman–Crippen MR) is 93.6 cm³/mol. The van der Waals surface area contributed by atoms with Crippen molar-refractivity contribution >= 4 is 28.8 Å². The largest absolute Gasteiger partial charge is 0.468 e. The number of hydrogen-bond acceptors (Lipinski definition) is 7. The van der Waals surface area contributed by atoms with Crippen molar-refractivity contribution in [3.05, 3.63) is 73.4 Å². The Bertz CT molecular complexity index is 1280. The molecule has 2 N–H and O–H groups in total. The molecular weight excluding hydrogens is 352 g/mol. The third-order valence-corrected chi connectivity index (χ3v) is 5.14. The number of allylic oxidation sites excluding steroid dienone is 1. The molecule has 0 unspecified atom stereocenters. The van der Waals surface area contributed by atoms with Crippen LogP contribution < -0.4 is 20.5 Å². The summed E-state index contributed by atoms with van der Waals surface area (Å²) in [6.07, 6.45) is 4.54. The number of nitriles is 2. The zero-order valence-corrected chi connectivity index (χ0v) is 14.0. The Kier molecular flexibility index (Phi) is 3.61. The summed E-state index contributed by atoms with van der Waals surface area (Å²) in [4.78, 5) is 12.8. The number of nitrogens with two attached hydrogens (primary N) is 1. The Morgan fingerprint density at radius 3 is 2.50 bits per heavy atom. The molecule has 3 aromatic rings. The number of hydrogen-bond donors (Lipinski definition) is 1. The van der Waals surface area contributed by atoms with Crippen molar-refractivity contribution in [3.63, 3.8) is 0 Å². The van der Waals surface area contributed by atoms with Gasteiger partial charge in [0.05, 0.1) is 46.3 Å². The SMILES string of the molecule is N#CC1=C(N)n2c(s/c(=C\c3ccco3)c2=O)=C(C#N)[C@H]1c1ccco1. The van der Waals surface area contributed by atoms with Crippen LogP contribution in [0.2, 0.25) is 0 Å². The average molecular weight is 362 g/mol. The molecule has 4 heterocycles. The molecular formula is C18H10N4O3S. The zero-order valence-electron chi connectivity index (χ0n) is 13.2. The molecule has 26 heavy (non-hydrogen) atoms. The van der Waals surface area contributed by atoms with Crippen LogP contribution in [0.5, 0.6) is 0 Å². The highest BCUT2D eigenvalue weighted by molar-refractivity contribution is 7.07. The summed E-state index contributed by atoms with van der Waals surface area (Å²) in [6.45, 7) is 0. The van der Waals surface area contributed by atoms with E-state index >= 15 is 0 Å². The quantitative estimate of drug-likeness (QED) is 0.727. The fourth-order valence-corrected chi connectivity index (χ4v) is 4.00. The smallest absolute Gasteiger partial charge is 0.274 e. The summed E-state index contributed by atoms with van der Waals surface area (Å²) in [7, 11) is 0. The molecule has 0 saturated heterocycles. The van der Waals surface area contributed by atoms with Gasteiger partial charge in [-0.2, -0.15) is 10.5 Å². The summed E-state index contributed by atoms with van der Waals surface area (Å²) < 4.78 is 12.6. The molecule has 0 amide bonds. The molecule has 1 atom stereocenters. The van der Waals surface area contributed by atoms with Gasteiger partial charge in [0.2, 0.25) is 0 Å². The monoisotopic (exact) mass is 362 g/mol. The van der Waals surface area contributed by atoms with Gasteiger partial charge in [-0.3, -0.25) is 9.36 Å². The highest BCUT2D eigenvalue weighted by Gasteiger charge is 2.33. The van der Waals surface area contributed by atoms with Crippen LogP contribution in [0.3, 0.4) is 0 Å². The lowest BCUT2D eigenvalue weighted by Gasteiger charge is -2.19. The summed E-state index contributed by atoms with van der Waals surface area (Å²) >= 11 is 1.12. The van der Waals surface area contributed by atoms with Crippen molar-refractivity contribution < 1.29 is 8.83 Å². The highest BCUT2D eigenvalue weighted by atomic mass is 32.1. The molecule has 0 saturated carbocycles. The molecule has 126 valence electrons. The third kappa shape index (κ3) is 2.21.